The highest BCUT2D eigenvalue weighted by molar-refractivity contribution is 7.17. The number of carbonyl (C=O) groups is 1. The van der Waals surface area contributed by atoms with E-state index >= 15 is 0 Å². The lowest BCUT2D eigenvalue weighted by atomic mass is 10.2. The lowest BCUT2D eigenvalue weighted by Crippen LogP contribution is -2.27. The van der Waals surface area contributed by atoms with Crippen molar-refractivity contribution in [3.05, 3.63) is 10.4 Å². The Hall–Kier alpha value is -1.82. The van der Waals surface area contributed by atoms with Gasteiger partial charge >= 0.3 is 0 Å². The number of carbonyl (C=O) groups excluding carboxylic acids is 1. The molecule has 1 aliphatic heterocycles. The van der Waals surface area contributed by atoms with Crippen LogP contribution >= 0.6 is 11.3 Å². The van der Waals surface area contributed by atoms with Crippen molar-refractivity contribution in [2.75, 3.05) is 45.0 Å². The molecular formula is C13H18N4O3S. The third-order valence-electron chi connectivity index (χ3n) is 3.59. The summed E-state index contributed by atoms with van der Waals surface area (Å²) in [6.45, 7) is 1.17. The van der Waals surface area contributed by atoms with Crippen LogP contribution in [0.5, 0.6) is 0 Å². The first kappa shape index (κ1) is 15.6. The molecule has 0 saturated carbocycles. The van der Waals surface area contributed by atoms with E-state index in [1.807, 2.05) is 11.0 Å². The fourth-order valence-electron chi connectivity index (χ4n) is 2.44. The van der Waals surface area contributed by atoms with Gasteiger partial charge in [-0.3, -0.25) is 4.79 Å². The van der Waals surface area contributed by atoms with Crippen molar-refractivity contribution in [3.63, 3.8) is 0 Å². The van der Waals surface area contributed by atoms with Gasteiger partial charge in [0.05, 0.1) is 11.3 Å². The molecule has 2 atom stereocenters. The van der Waals surface area contributed by atoms with Crippen LogP contribution in [0.1, 0.15) is 15.2 Å². The Morgan fingerprint density at radius 2 is 2.00 bits per heavy atom. The predicted molar refractivity (Wildman–Crippen MR) is 80.6 cm³/mol. The molecule has 21 heavy (non-hydrogen) atoms. The summed E-state index contributed by atoms with van der Waals surface area (Å²) in [7, 11) is 4.79. The Bertz CT molecular complexity index is 569. The molecule has 114 valence electrons. The van der Waals surface area contributed by atoms with E-state index in [1.165, 1.54) is 18.4 Å². The van der Waals surface area contributed by atoms with E-state index < -0.39 is 0 Å². The van der Waals surface area contributed by atoms with Crippen LogP contribution in [-0.2, 0) is 9.47 Å². The monoisotopic (exact) mass is 310 g/mol. The molecule has 8 heteroatoms. The van der Waals surface area contributed by atoms with E-state index in [-0.39, 0.29) is 23.8 Å². The SMILES string of the molecule is CNC(=O)c1c(N2CC(OC)C(OC)C2)sc(C#N)c1N. The molecule has 7 nitrogen and oxygen atoms in total. The zero-order valence-corrected chi connectivity index (χ0v) is 13.0. The van der Waals surface area contributed by atoms with Gasteiger partial charge < -0.3 is 25.4 Å². The molecule has 1 saturated heterocycles. The maximum absolute atomic E-state index is 12.1. The second kappa shape index (κ2) is 6.30. The van der Waals surface area contributed by atoms with Gasteiger partial charge in [-0.1, -0.05) is 0 Å². The third-order valence-corrected chi connectivity index (χ3v) is 4.76. The zero-order valence-electron chi connectivity index (χ0n) is 12.2. The molecule has 2 rings (SSSR count). The van der Waals surface area contributed by atoms with Gasteiger partial charge in [0.1, 0.15) is 28.2 Å². The predicted octanol–water partition coefficient (Wildman–Crippen LogP) is 0.412. The Kier molecular flexibility index (Phi) is 4.67. The fraction of sp³-hybridized carbons (Fsp3) is 0.538. The summed E-state index contributed by atoms with van der Waals surface area (Å²) in [4.78, 5) is 14.4. The van der Waals surface area contributed by atoms with Gasteiger partial charge in [-0.05, 0) is 0 Å². The number of amides is 1. The van der Waals surface area contributed by atoms with Gasteiger partial charge in [0.2, 0.25) is 0 Å². The summed E-state index contributed by atoms with van der Waals surface area (Å²) in [5.41, 5.74) is 6.51. The van der Waals surface area contributed by atoms with Gasteiger partial charge in [0.15, 0.2) is 0 Å². The summed E-state index contributed by atoms with van der Waals surface area (Å²) in [6.07, 6.45) is -0.164. The van der Waals surface area contributed by atoms with Crippen LogP contribution in [-0.4, -0.2) is 52.5 Å². The Morgan fingerprint density at radius 3 is 2.43 bits per heavy atom. The number of nitrogens with one attached hydrogen (secondary N) is 1. The molecule has 1 aromatic rings. The van der Waals surface area contributed by atoms with E-state index in [0.29, 0.717) is 28.5 Å². The highest BCUT2D eigenvalue weighted by Crippen LogP contribution is 2.39. The zero-order chi connectivity index (χ0) is 15.6. The number of nitriles is 1. The number of methoxy groups -OCH3 is 2. The Morgan fingerprint density at radius 1 is 1.43 bits per heavy atom. The lowest BCUT2D eigenvalue weighted by molar-refractivity contribution is -0.00461. The maximum atomic E-state index is 12.1. The van der Waals surface area contributed by atoms with E-state index in [0.717, 1.165) is 0 Å². The highest BCUT2D eigenvalue weighted by atomic mass is 32.1. The van der Waals surface area contributed by atoms with Crippen molar-refractivity contribution in [1.29, 1.82) is 5.26 Å². The van der Waals surface area contributed by atoms with E-state index in [9.17, 15) is 4.79 Å². The first-order valence-electron chi connectivity index (χ1n) is 6.42. The summed E-state index contributed by atoms with van der Waals surface area (Å²) in [6, 6.07) is 2.03. The van der Waals surface area contributed by atoms with Gasteiger partial charge in [-0.15, -0.1) is 11.3 Å². The highest BCUT2D eigenvalue weighted by Gasteiger charge is 2.36. The molecule has 2 unspecified atom stereocenters. The maximum Gasteiger partial charge on any atom is 0.256 e. The number of nitrogen functional groups attached to an aromatic ring is 1. The molecule has 1 aliphatic rings. The molecule has 0 spiro atoms. The van der Waals surface area contributed by atoms with E-state index in [4.69, 9.17) is 20.5 Å². The molecule has 0 aliphatic carbocycles. The molecule has 1 fully saturated rings. The average Bonchev–Trinajstić information content (AvgIpc) is 3.06. The second-order valence-corrected chi connectivity index (χ2v) is 5.67. The summed E-state index contributed by atoms with van der Waals surface area (Å²) >= 11 is 1.22. The Balaban J connectivity index is 2.41. The van der Waals surface area contributed by atoms with Crippen molar-refractivity contribution >= 4 is 27.9 Å². The molecular weight excluding hydrogens is 292 g/mol. The quantitative estimate of drug-likeness (QED) is 0.835. The van der Waals surface area contributed by atoms with E-state index in [2.05, 4.69) is 5.32 Å². The van der Waals surface area contributed by atoms with Crippen LogP contribution in [0.25, 0.3) is 0 Å². The number of nitrogens with zero attached hydrogens (tertiary/aromatic N) is 2. The molecule has 0 radical (unpaired) electrons. The van der Waals surface area contributed by atoms with Crippen LogP contribution in [0, 0.1) is 11.3 Å². The third kappa shape index (κ3) is 2.68. The number of hydrogen-bond acceptors (Lipinski definition) is 7. The number of nitrogens with two attached hydrogens (primary N) is 1. The molecule has 0 aromatic carbocycles. The van der Waals surface area contributed by atoms with Crippen molar-refractivity contribution < 1.29 is 14.3 Å². The number of ether oxygens (including phenoxy) is 2. The van der Waals surface area contributed by atoms with Crippen LogP contribution in [0.3, 0.4) is 0 Å². The van der Waals surface area contributed by atoms with Crippen molar-refractivity contribution in [2.45, 2.75) is 12.2 Å². The number of thiophene rings is 1. The number of hydrogen-bond donors (Lipinski definition) is 2. The Labute approximate surface area is 127 Å². The lowest BCUT2D eigenvalue weighted by Gasteiger charge is -2.17. The average molecular weight is 310 g/mol. The normalized spacial score (nSPS) is 21.3. The van der Waals surface area contributed by atoms with Crippen LogP contribution in [0.4, 0.5) is 10.7 Å². The minimum absolute atomic E-state index is 0.0820. The van der Waals surface area contributed by atoms with Crippen molar-refractivity contribution in [3.8, 4) is 6.07 Å². The summed E-state index contributed by atoms with van der Waals surface area (Å²) < 4.78 is 10.8. The smallest absolute Gasteiger partial charge is 0.256 e. The molecule has 3 N–H and O–H groups in total. The summed E-state index contributed by atoms with van der Waals surface area (Å²) in [5.74, 6) is -0.296. The second-order valence-electron chi connectivity index (χ2n) is 4.67. The van der Waals surface area contributed by atoms with Crippen LogP contribution in [0.15, 0.2) is 0 Å². The van der Waals surface area contributed by atoms with Gasteiger partial charge in [0.25, 0.3) is 5.91 Å². The first-order valence-corrected chi connectivity index (χ1v) is 7.23. The van der Waals surface area contributed by atoms with E-state index in [1.54, 1.807) is 14.2 Å². The molecule has 2 heterocycles. The van der Waals surface area contributed by atoms with Gasteiger partial charge in [0, 0.05) is 34.4 Å². The number of rotatable bonds is 4. The van der Waals surface area contributed by atoms with Crippen LogP contribution < -0.4 is 16.0 Å². The largest absolute Gasteiger partial charge is 0.396 e. The minimum Gasteiger partial charge on any atom is -0.396 e. The molecule has 1 aromatic heterocycles. The summed E-state index contributed by atoms with van der Waals surface area (Å²) in [5, 5.41) is 12.4. The fourth-order valence-corrected chi connectivity index (χ4v) is 3.48. The topological polar surface area (TPSA) is 101 Å². The van der Waals surface area contributed by atoms with Gasteiger partial charge in [-0.2, -0.15) is 5.26 Å². The molecule has 1 amide bonds. The standard InChI is InChI=1S/C13H18N4O3S/c1-16-12(18)10-11(15)9(4-14)21-13(10)17-5-7(19-2)8(6-17)20-3/h7-8H,5-6,15H2,1-3H3,(H,16,18). The molecule has 0 bridgehead atoms. The van der Waals surface area contributed by atoms with Crippen LogP contribution in [0.2, 0.25) is 0 Å². The first-order chi connectivity index (χ1) is 10.1. The minimum atomic E-state index is -0.296. The van der Waals surface area contributed by atoms with Crippen molar-refractivity contribution in [2.24, 2.45) is 0 Å². The van der Waals surface area contributed by atoms with Gasteiger partial charge in [-0.25, -0.2) is 0 Å². The van der Waals surface area contributed by atoms with Crippen molar-refractivity contribution in [1.82, 2.24) is 5.32 Å². The number of anilines is 2.